The van der Waals surface area contributed by atoms with Gasteiger partial charge in [-0.3, -0.25) is 0 Å². The third-order valence-electron chi connectivity index (χ3n) is 7.21. The van der Waals surface area contributed by atoms with Crippen LogP contribution in [-0.4, -0.2) is 76.7 Å². The Morgan fingerprint density at radius 1 is 0.500 bits per heavy atom. The monoisotopic (exact) mass is 472 g/mol. The summed E-state index contributed by atoms with van der Waals surface area (Å²) < 4.78 is 31.8. The number of ether oxygens (including phenoxy) is 6. The summed E-state index contributed by atoms with van der Waals surface area (Å²) in [5.41, 5.74) is 4.46. The van der Waals surface area contributed by atoms with Crippen LogP contribution in [0.25, 0.3) is 0 Å². The van der Waals surface area contributed by atoms with Crippen molar-refractivity contribution in [1.29, 1.82) is 0 Å². The Kier molecular flexibility index (Phi) is 5.44. The molecular formula is C24H24O10. The summed E-state index contributed by atoms with van der Waals surface area (Å²) >= 11 is 0. The maximum absolute atomic E-state index is 12.5. The number of carbonyl (C=O) groups is 4. The quantitative estimate of drug-likeness (QED) is 0.333. The zero-order valence-electron chi connectivity index (χ0n) is 19.2. The molecule has 4 atom stereocenters. The van der Waals surface area contributed by atoms with Crippen molar-refractivity contribution >= 4 is 23.9 Å². The molecule has 0 aromatic carbocycles. The molecule has 0 saturated carbocycles. The van der Waals surface area contributed by atoms with Crippen molar-refractivity contribution in [3.63, 3.8) is 0 Å². The molecule has 0 radical (unpaired) electrons. The summed E-state index contributed by atoms with van der Waals surface area (Å²) in [5.74, 6) is -2.49. The summed E-state index contributed by atoms with van der Waals surface area (Å²) in [6, 6.07) is 0. The van der Waals surface area contributed by atoms with Gasteiger partial charge in [0.1, 0.15) is 24.4 Å². The van der Waals surface area contributed by atoms with Crippen molar-refractivity contribution in [3.05, 3.63) is 44.6 Å². The van der Waals surface area contributed by atoms with Crippen molar-refractivity contribution in [2.75, 3.05) is 28.4 Å². The average Bonchev–Trinajstić information content (AvgIpc) is 3.58. The lowest BCUT2D eigenvalue weighted by Gasteiger charge is -2.26. The van der Waals surface area contributed by atoms with Gasteiger partial charge in [0.15, 0.2) is 0 Å². The Morgan fingerprint density at radius 3 is 0.882 bits per heavy atom. The van der Waals surface area contributed by atoms with E-state index in [2.05, 4.69) is 0 Å². The maximum atomic E-state index is 12.5. The minimum absolute atomic E-state index is 0.181. The number of hydrogen-bond donors (Lipinski definition) is 0. The minimum Gasteiger partial charge on any atom is -0.466 e. The highest BCUT2D eigenvalue weighted by atomic mass is 16.6. The van der Waals surface area contributed by atoms with Gasteiger partial charge in [-0.05, 0) is 48.0 Å². The smallest absolute Gasteiger partial charge is 0.337 e. The normalized spacial score (nSPS) is 29.1. The molecule has 0 unspecified atom stereocenters. The maximum Gasteiger partial charge on any atom is 0.337 e. The first-order chi connectivity index (χ1) is 16.4. The number of hydrogen-bond acceptors (Lipinski definition) is 10. The van der Waals surface area contributed by atoms with Gasteiger partial charge in [-0.2, -0.15) is 0 Å². The van der Waals surface area contributed by atoms with Gasteiger partial charge in [0, 0.05) is 0 Å². The van der Waals surface area contributed by atoms with E-state index in [1.165, 1.54) is 28.4 Å². The molecule has 10 heteroatoms. The van der Waals surface area contributed by atoms with Crippen LogP contribution in [0, 0.1) is 0 Å². The van der Waals surface area contributed by atoms with Crippen LogP contribution in [-0.2, 0) is 47.6 Å². The molecule has 0 aromatic heterocycles. The fourth-order valence-electron chi connectivity index (χ4n) is 5.82. The lowest BCUT2D eigenvalue weighted by molar-refractivity contribution is -0.139. The van der Waals surface area contributed by atoms with E-state index in [4.69, 9.17) is 28.4 Å². The highest BCUT2D eigenvalue weighted by Crippen LogP contribution is 2.53. The summed E-state index contributed by atoms with van der Waals surface area (Å²) in [5, 5.41) is 0. The van der Waals surface area contributed by atoms with Crippen molar-refractivity contribution in [2.45, 2.75) is 50.1 Å². The van der Waals surface area contributed by atoms with E-state index in [1.807, 2.05) is 0 Å². The largest absolute Gasteiger partial charge is 0.466 e. The van der Waals surface area contributed by atoms with Gasteiger partial charge < -0.3 is 28.4 Å². The molecule has 0 spiro atoms. The molecule has 0 amide bonds. The minimum atomic E-state index is -0.676. The first-order valence-corrected chi connectivity index (χ1v) is 10.9. The third kappa shape index (κ3) is 2.94. The van der Waals surface area contributed by atoms with Gasteiger partial charge in [-0.15, -0.1) is 0 Å². The molecule has 4 heterocycles. The Labute approximate surface area is 195 Å². The van der Waals surface area contributed by atoms with E-state index in [9.17, 15) is 19.2 Å². The molecule has 10 nitrogen and oxygen atoms in total. The van der Waals surface area contributed by atoms with Crippen LogP contribution in [0.4, 0.5) is 0 Å². The standard InChI is InChI=1S/C24H24O10/c1-29-21(25)13-14(22(26)30-2)18-10-7-8-12-11(6-5-9(10)17(13)33-18)19-15(23(27)31-3)16(20(12)34-19)24(28)32-4/h17-20H,5-8H2,1-4H3/t17-,18+,19+,20-. The molecule has 0 N–H and O–H groups in total. The van der Waals surface area contributed by atoms with Crippen LogP contribution in [0.15, 0.2) is 44.6 Å². The van der Waals surface area contributed by atoms with Gasteiger partial charge >= 0.3 is 23.9 Å². The van der Waals surface area contributed by atoms with Gasteiger partial charge in [0.05, 0.1) is 50.7 Å². The second kappa shape index (κ2) is 8.21. The fourth-order valence-corrected chi connectivity index (χ4v) is 5.82. The number of esters is 4. The molecule has 0 saturated heterocycles. The van der Waals surface area contributed by atoms with Crippen molar-refractivity contribution in [3.8, 4) is 0 Å². The van der Waals surface area contributed by atoms with Crippen molar-refractivity contribution in [1.82, 2.24) is 0 Å². The summed E-state index contributed by atoms with van der Waals surface area (Å²) in [7, 11) is 5.03. The number of rotatable bonds is 4. The van der Waals surface area contributed by atoms with Crippen LogP contribution in [0.2, 0.25) is 0 Å². The molecule has 0 aromatic rings. The van der Waals surface area contributed by atoms with Crippen LogP contribution >= 0.6 is 0 Å². The van der Waals surface area contributed by atoms with Crippen molar-refractivity contribution < 1.29 is 47.6 Å². The molecule has 180 valence electrons. The summed E-state index contributed by atoms with van der Waals surface area (Å²) in [6.45, 7) is 0. The average molecular weight is 472 g/mol. The first kappa shape index (κ1) is 22.5. The second-order valence-electron chi connectivity index (χ2n) is 8.51. The summed E-state index contributed by atoms with van der Waals surface area (Å²) in [6.07, 6.45) is -0.544. The Morgan fingerprint density at radius 2 is 0.706 bits per heavy atom. The zero-order chi connectivity index (χ0) is 24.3. The van der Waals surface area contributed by atoms with Gasteiger partial charge in [-0.25, -0.2) is 19.2 Å². The Bertz CT molecular complexity index is 976. The molecule has 1 aliphatic carbocycles. The zero-order valence-corrected chi connectivity index (χ0v) is 19.2. The SMILES string of the molecule is COC(=O)C1=C(C(=O)OC)[C@H]2O[C@@H]1C1=C2CCC2=C(CC1)[C@@H]1O[C@H]2C(C(=O)OC)=C1C(=O)OC. The molecule has 5 aliphatic rings. The van der Waals surface area contributed by atoms with E-state index in [0.29, 0.717) is 25.7 Å². The van der Waals surface area contributed by atoms with Crippen LogP contribution < -0.4 is 0 Å². The van der Waals surface area contributed by atoms with E-state index in [0.717, 1.165) is 22.3 Å². The third-order valence-corrected chi connectivity index (χ3v) is 7.21. The van der Waals surface area contributed by atoms with Crippen LogP contribution in [0.1, 0.15) is 25.7 Å². The van der Waals surface area contributed by atoms with Gasteiger partial charge in [-0.1, -0.05) is 0 Å². The van der Waals surface area contributed by atoms with E-state index in [-0.39, 0.29) is 22.3 Å². The number of carbonyl (C=O) groups excluding carboxylic acids is 4. The van der Waals surface area contributed by atoms with Crippen molar-refractivity contribution in [2.24, 2.45) is 0 Å². The first-order valence-electron chi connectivity index (χ1n) is 10.9. The Hall–Kier alpha value is -3.24. The molecule has 4 bridgehead atoms. The summed E-state index contributed by atoms with van der Waals surface area (Å²) in [4.78, 5) is 50.0. The van der Waals surface area contributed by atoms with Crippen LogP contribution in [0.3, 0.4) is 0 Å². The molecule has 34 heavy (non-hydrogen) atoms. The van der Waals surface area contributed by atoms with E-state index < -0.39 is 48.3 Å². The fraction of sp³-hybridized carbons (Fsp3) is 0.500. The molecule has 0 fully saturated rings. The van der Waals surface area contributed by atoms with E-state index >= 15 is 0 Å². The lowest BCUT2D eigenvalue weighted by atomic mass is 9.75. The number of methoxy groups -OCH3 is 4. The van der Waals surface area contributed by atoms with E-state index in [1.54, 1.807) is 0 Å². The number of fused-ring (bicyclic) bond motifs is 8. The lowest BCUT2D eigenvalue weighted by Crippen LogP contribution is -2.28. The van der Waals surface area contributed by atoms with Gasteiger partial charge in [0.2, 0.25) is 0 Å². The molecular weight excluding hydrogens is 448 g/mol. The van der Waals surface area contributed by atoms with Gasteiger partial charge in [0.25, 0.3) is 0 Å². The topological polar surface area (TPSA) is 124 Å². The Balaban J connectivity index is 1.47. The second-order valence-corrected chi connectivity index (χ2v) is 8.51. The predicted octanol–water partition coefficient (Wildman–Crippen LogP) is 1.00. The highest BCUT2D eigenvalue weighted by molar-refractivity contribution is 6.05. The highest BCUT2D eigenvalue weighted by Gasteiger charge is 2.55. The molecule has 4 aliphatic heterocycles. The van der Waals surface area contributed by atoms with Crippen LogP contribution in [0.5, 0.6) is 0 Å². The predicted molar refractivity (Wildman–Crippen MR) is 112 cm³/mol. The molecule has 5 rings (SSSR count).